The van der Waals surface area contributed by atoms with Crippen LogP contribution in [0.1, 0.15) is 28.8 Å². The third-order valence-electron chi connectivity index (χ3n) is 4.95. The third kappa shape index (κ3) is 6.01. The average molecular weight is 416 g/mol. The van der Waals surface area contributed by atoms with Crippen LogP contribution in [0.3, 0.4) is 0 Å². The van der Waals surface area contributed by atoms with E-state index in [0.29, 0.717) is 6.54 Å². The highest BCUT2D eigenvalue weighted by atomic mass is 32.1. The predicted octanol–water partition coefficient (Wildman–Crippen LogP) is 2.79. The fourth-order valence-corrected chi connectivity index (χ4v) is 4.09. The lowest BCUT2D eigenvalue weighted by Gasteiger charge is -2.34. The number of carbonyl (C=O) groups excluding carboxylic acids is 2. The smallest absolute Gasteiger partial charge is 0.317 e. The number of anilines is 1. The van der Waals surface area contributed by atoms with Crippen molar-refractivity contribution >= 4 is 29.0 Å². The monoisotopic (exact) mass is 415 g/mol. The van der Waals surface area contributed by atoms with Gasteiger partial charge < -0.3 is 15.5 Å². The molecule has 0 bridgehead atoms. The molecule has 1 aromatic carbocycles. The van der Waals surface area contributed by atoms with Crippen LogP contribution >= 0.6 is 11.3 Å². The van der Waals surface area contributed by atoms with E-state index in [1.807, 2.05) is 49.3 Å². The first-order valence-corrected chi connectivity index (χ1v) is 10.9. The molecule has 0 spiro atoms. The fraction of sp³-hybridized carbons (Fsp3) is 0.476. The lowest BCUT2D eigenvalue weighted by molar-refractivity contribution is -0.115. The van der Waals surface area contributed by atoms with E-state index in [0.717, 1.165) is 60.2 Å². The Bertz CT molecular complexity index is 859. The van der Waals surface area contributed by atoms with Crippen LogP contribution in [0.2, 0.25) is 0 Å². The number of nitrogens with one attached hydrogen (secondary N) is 2. The molecule has 0 saturated carbocycles. The predicted molar refractivity (Wildman–Crippen MR) is 116 cm³/mol. The summed E-state index contributed by atoms with van der Waals surface area (Å²) in [6.07, 6.45) is 0.281. The summed E-state index contributed by atoms with van der Waals surface area (Å²) in [5.74, 6) is -0.0462. The van der Waals surface area contributed by atoms with Crippen molar-refractivity contribution in [1.82, 2.24) is 20.1 Å². The quantitative estimate of drug-likeness (QED) is 0.761. The first-order valence-electron chi connectivity index (χ1n) is 10.00. The molecule has 2 N–H and O–H groups in total. The summed E-state index contributed by atoms with van der Waals surface area (Å²) in [6, 6.07) is 6.05. The van der Waals surface area contributed by atoms with Gasteiger partial charge in [0, 0.05) is 50.3 Å². The highest BCUT2D eigenvalue weighted by Gasteiger charge is 2.21. The molecule has 0 atom stereocenters. The zero-order chi connectivity index (χ0) is 20.8. The van der Waals surface area contributed by atoms with Gasteiger partial charge in [-0.15, -0.1) is 11.3 Å². The number of benzene rings is 1. The van der Waals surface area contributed by atoms with E-state index in [1.165, 1.54) is 11.3 Å². The van der Waals surface area contributed by atoms with Crippen molar-refractivity contribution in [2.24, 2.45) is 0 Å². The lowest BCUT2D eigenvalue weighted by Crippen LogP contribution is -2.51. The molecule has 0 radical (unpaired) electrons. The SMILES string of the molecule is CCNC(=O)N1CCN(Cc2csc(CC(=O)Nc3cc(C)ccc3C)n2)CC1. The Hall–Kier alpha value is -2.45. The summed E-state index contributed by atoms with van der Waals surface area (Å²) in [5, 5.41) is 8.68. The van der Waals surface area contributed by atoms with Crippen molar-refractivity contribution in [2.45, 2.75) is 33.7 Å². The molecule has 1 fully saturated rings. The fourth-order valence-electron chi connectivity index (χ4n) is 3.31. The molecule has 1 aromatic heterocycles. The van der Waals surface area contributed by atoms with E-state index in [4.69, 9.17) is 0 Å². The van der Waals surface area contributed by atoms with Gasteiger partial charge in [-0.05, 0) is 38.0 Å². The highest BCUT2D eigenvalue weighted by molar-refractivity contribution is 7.09. The van der Waals surface area contributed by atoms with Gasteiger partial charge in [-0.2, -0.15) is 0 Å². The van der Waals surface area contributed by atoms with E-state index < -0.39 is 0 Å². The summed E-state index contributed by atoms with van der Waals surface area (Å²) in [6.45, 7) is 10.4. The van der Waals surface area contributed by atoms with E-state index in [9.17, 15) is 9.59 Å². The summed E-state index contributed by atoms with van der Waals surface area (Å²) < 4.78 is 0. The van der Waals surface area contributed by atoms with Gasteiger partial charge >= 0.3 is 6.03 Å². The molecule has 1 aliphatic heterocycles. The maximum atomic E-state index is 12.4. The minimum atomic E-state index is -0.0462. The second-order valence-electron chi connectivity index (χ2n) is 7.37. The van der Waals surface area contributed by atoms with E-state index >= 15 is 0 Å². The number of nitrogens with zero attached hydrogens (tertiary/aromatic N) is 3. The number of hydrogen-bond acceptors (Lipinski definition) is 5. The lowest BCUT2D eigenvalue weighted by atomic mass is 10.1. The molecule has 3 amide bonds. The topological polar surface area (TPSA) is 77.6 Å². The molecule has 8 heteroatoms. The molecular formula is C21H29N5O2S. The van der Waals surface area contributed by atoms with Crippen molar-refractivity contribution in [2.75, 3.05) is 38.0 Å². The Morgan fingerprint density at radius 2 is 1.93 bits per heavy atom. The Balaban J connectivity index is 1.48. The maximum absolute atomic E-state index is 12.4. The third-order valence-corrected chi connectivity index (χ3v) is 5.85. The molecule has 29 heavy (non-hydrogen) atoms. The summed E-state index contributed by atoms with van der Waals surface area (Å²) in [5.41, 5.74) is 4.01. The van der Waals surface area contributed by atoms with Crippen LogP contribution in [-0.2, 0) is 17.8 Å². The van der Waals surface area contributed by atoms with Crippen molar-refractivity contribution in [3.8, 4) is 0 Å². The number of amides is 3. The molecule has 1 aliphatic rings. The molecule has 0 aliphatic carbocycles. The number of piperazine rings is 1. The van der Waals surface area contributed by atoms with Gasteiger partial charge in [0.05, 0.1) is 12.1 Å². The molecule has 7 nitrogen and oxygen atoms in total. The molecule has 2 heterocycles. The molecule has 1 saturated heterocycles. The number of thiazole rings is 1. The Kier molecular flexibility index (Phi) is 7.22. The Morgan fingerprint density at radius 1 is 1.17 bits per heavy atom. The minimum absolute atomic E-state index is 0.0120. The van der Waals surface area contributed by atoms with Gasteiger partial charge in [-0.25, -0.2) is 9.78 Å². The summed E-state index contributed by atoms with van der Waals surface area (Å²) >= 11 is 1.52. The second kappa shape index (κ2) is 9.84. The van der Waals surface area contributed by atoms with Gasteiger partial charge in [-0.3, -0.25) is 9.69 Å². The first kappa shape index (κ1) is 21.3. The molecule has 2 aromatic rings. The van der Waals surface area contributed by atoms with E-state index in [1.54, 1.807) is 0 Å². The van der Waals surface area contributed by atoms with Crippen molar-refractivity contribution in [3.63, 3.8) is 0 Å². The Morgan fingerprint density at radius 3 is 2.66 bits per heavy atom. The Labute approximate surface area is 176 Å². The van der Waals surface area contributed by atoms with Crippen LogP contribution < -0.4 is 10.6 Å². The number of carbonyl (C=O) groups is 2. The average Bonchev–Trinajstić information content (AvgIpc) is 3.12. The van der Waals surface area contributed by atoms with Crippen LogP contribution in [0.4, 0.5) is 10.5 Å². The van der Waals surface area contributed by atoms with Crippen LogP contribution in [0.5, 0.6) is 0 Å². The summed E-state index contributed by atoms with van der Waals surface area (Å²) in [4.78, 5) is 33.1. The zero-order valence-corrected chi connectivity index (χ0v) is 18.1. The molecule has 0 unspecified atom stereocenters. The van der Waals surface area contributed by atoms with Crippen LogP contribution in [0, 0.1) is 13.8 Å². The van der Waals surface area contributed by atoms with Crippen molar-refractivity contribution in [1.29, 1.82) is 0 Å². The molecule has 3 rings (SSSR count). The van der Waals surface area contributed by atoms with E-state index in [-0.39, 0.29) is 18.4 Å². The van der Waals surface area contributed by atoms with Crippen LogP contribution in [0.15, 0.2) is 23.6 Å². The van der Waals surface area contributed by atoms with Crippen LogP contribution in [0.25, 0.3) is 0 Å². The first-order chi connectivity index (χ1) is 13.9. The van der Waals surface area contributed by atoms with Gasteiger partial charge in [0.15, 0.2) is 0 Å². The molecule has 156 valence electrons. The van der Waals surface area contributed by atoms with Gasteiger partial charge in [0.1, 0.15) is 5.01 Å². The molecular weight excluding hydrogens is 386 g/mol. The van der Waals surface area contributed by atoms with Gasteiger partial charge in [-0.1, -0.05) is 12.1 Å². The maximum Gasteiger partial charge on any atom is 0.317 e. The number of aryl methyl sites for hydroxylation is 2. The minimum Gasteiger partial charge on any atom is -0.338 e. The van der Waals surface area contributed by atoms with E-state index in [2.05, 4.69) is 20.5 Å². The summed E-state index contributed by atoms with van der Waals surface area (Å²) in [7, 11) is 0. The largest absolute Gasteiger partial charge is 0.338 e. The van der Waals surface area contributed by atoms with Crippen molar-refractivity contribution in [3.05, 3.63) is 45.4 Å². The normalized spacial score (nSPS) is 14.7. The van der Waals surface area contributed by atoms with Gasteiger partial charge in [0.2, 0.25) is 5.91 Å². The highest BCUT2D eigenvalue weighted by Crippen LogP contribution is 2.18. The van der Waals surface area contributed by atoms with Crippen molar-refractivity contribution < 1.29 is 9.59 Å². The number of urea groups is 1. The number of aromatic nitrogens is 1. The number of rotatable bonds is 6. The standard InChI is InChI=1S/C21H29N5O2S/c1-4-22-21(28)26-9-7-25(8-10-26)13-17-14-29-20(23-17)12-19(27)24-18-11-15(2)5-6-16(18)3/h5-6,11,14H,4,7-10,12-13H2,1-3H3,(H,22,28)(H,24,27). The van der Waals surface area contributed by atoms with Gasteiger partial charge in [0.25, 0.3) is 0 Å². The second-order valence-corrected chi connectivity index (χ2v) is 8.32. The zero-order valence-electron chi connectivity index (χ0n) is 17.3. The van der Waals surface area contributed by atoms with Crippen LogP contribution in [-0.4, -0.2) is 59.4 Å². The number of hydrogen-bond donors (Lipinski definition) is 2.